The number of halogens is 1. The summed E-state index contributed by atoms with van der Waals surface area (Å²) in [6.45, 7) is 6.91. The molecule has 0 saturated heterocycles. The molecule has 12 heavy (non-hydrogen) atoms. The summed E-state index contributed by atoms with van der Waals surface area (Å²) in [5, 5.41) is 4.33. The second-order valence-electron chi connectivity index (χ2n) is 3.72. The van der Waals surface area contributed by atoms with Gasteiger partial charge in [-0.2, -0.15) is 5.10 Å². The van der Waals surface area contributed by atoms with Gasteiger partial charge in [0.05, 0.1) is 12.2 Å². The molecule has 1 aromatic heterocycles. The van der Waals surface area contributed by atoms with Crippen molar-refractivity contribution >= 4 is 15.9 Å². The van der Waals surface area contributed by atoms with Gasteiger partial charge in [-0.15, -0.1) is 0 Å². The molecule has 2 heterocycles. The zero-order valence-electron chi connectivity index (χ0n) is 7.39. The first kappa shape index (κ1) is 8.10. The van der Waals surface area contributed by atoms with E-state index in [4.69, 9.17) is 4.74 Å². The molecular formula is C8H11BrN2O. The van der Waals surface area contributed by atoms with E-state index < -0.39 is 0 Å². The second-order valence-corrected chi connectivity index (χ2v) is 4.52. The van der Waals surface area contributed by atoms with Crippen molar-refractivity contribution < 1.29 is 4.74 Å². The minimum Gasteiger partial charge on any atom is -0.469 e. The molecule has 2 rings (SSSR count). The van der Waals surface area contributed by atoms with Gasteiger partial charge in [0.25, 0.3) is 0 Å². The molecule has 0 N–H and O–H groups in total. The van der Waals surface area contributed by atoms with Gasteiger partial charge in [0, 0.05) is 0 Å². The maximum Gasteiger partial charge on any atom is 0.227 e. The van der Waals surface area contributed by atoms with Crippen LogP contribution in [0.2, 0.25) is 0 Å². The Morgan fingerprint density at radius 1 is 1.58 bits per heavy atom. The van der Waals surface area contributed by atoms with Crippen LogP contribution in [0.5, 0.6) is 5.88 Å². The van der Waals surface area contributed by atoms with Crippen molar-refractivity contribution in [2.45, 2.75) is 32.9 Å². The van der Waals surface area contributed by atoms with Crippen LogP contribution < -0.4 is 4.74 Å². The molecule has 0 saturated carbocycles. The van der Waals surface area contributed by atoms with Crippen LogP contribution in [0.15, 0.2) is 4.47 Å². The fraction of sp³-hybridized carbons (Fsp3) is 0.625. The quantitative estimate of drug-likeness (QED) is 0.683. The SMILES string of the molecule is Cc1nn2c(c1Br)OC(C)(C)C2. The van der Waals surface area contributed by atoms with Crippen molar-refractivity contribution in [3.05, 3.63) is 10.2 Å². The monoisotopic (exact) mass is 230 g/mol. The van der Waals surface area contributed by atoms with Crippen LogP contribution in [0.25, 0.3) is 0 Å². The van der Waals surface area contributed by atoms with Crippen LogP contribution >= 0.6 is 15.9 Å². The Kier molecular flexibility index (Phi) is 1.52. The summed E-state index contributed by atoms with van der Waals surface area (Å²) in [6.07, 6.45) is 0. The molecule has 1 aliphatic heterocycles. The van der Waals surface area contributed by atoms with Gasteiger partial charge in [0.1, 0.15) is 10.1 Å². The van der Waals surface area contributed by atoms with Crippen molar-refractivity contribution in [1.29, 1.82) is 0 Å². The van der Waals surface area contributed by atoms with Crippen molar-refractivity contribution in [2.24, 2.45) is 0 Å². The summed E-state index contributed by atoms with van der Waals surface area (Å²) in [4.78, 5) is 0. The lowest BCUT2D eigenvalue weighted by molar-refractivity contribution is 0.134. The predicted molar refractivity (Wildman–Crippen MR) is 49.4 cm³/mol. The molecule has 0 atom stereocenters. The summed E-state index contributed by atoms with van der Waals surface area (Å²) < 4.78 is 8.58. The number of hydrogen-bond acceptors (Lipinski definition) is 2. The highest BCUT2D eigenvalue weighted by molar-refractivity contribution is 9.10. The van der Waals surface area contributed by atoms with Crippen LogP contribution in [0, 0.1) is 6.92 Å². The highest BCUT2D eigenvalue weighted by atomic mass is 79.9. The molecule has 0 aliphatic carbocycles. The zero-order valence-corrected chi connectivity index (χ0v) is 8.97. The zero-order chi connectivity index (χ0) is 8.93. The molecule has 0 amide bonds. The number of fused-ring (bicyclic) bond motifs is 1. The molecule has 0 spiro atoms. The number of aromatic nitrogens is 2. The van der Waals surface area contributed by atoms with E-state index in [9.17, 15) is 0 Å². The van der Waals surface area contributed by atoms with Crippen molar-refractivity contribution in [1.82, 2.24) is 9.78 Å². The van der Waals surface area contributed by atoms with E-state index in [1.807, 2.05) is 11.6 Å². The van der Waals surface area contributed by atoms with Gasteiger partial charge in [0.15, 0.2) is 0 Å². The van der Waals surface area contributed by atoms with Crippen molar-refractivity contribution in [2.75, 3.05) is 0 Å². The average Bonchev–Trinajstić information content (AvgIpc) is 2.33. The summed E-state index contributed by atoms with van der Waals surface area (Å²) in [7, 11) is 0. The fourth-order valence-corrected chi connectivity index (χ4v) is 1.76. The maximum absolute atomic E-state index is 5.70. The molecule has 66 valence electrons. The topological polar surface area (TPSA) is 27.1 Å². The van der Waals surface area contributed by atoms with Crippen LogP contribution in [-0.4, -0.2) is 15.4 Å². The van der Waals surface area contributed by atoms with Gasteiger partial charge in [-0.3, -0.25) is 0 Å². The Morgan fingerprint density at radius 3 is 2.83 bits per heavy atom. The van der Waals surface area contributed by atoms with E-state index in [1.165, 1.54) is 0 Å². The molecule has 1 aromatic rings. The highest BCUT2D eigenvalue weighted by Crippen LogP contribution is 2.36. The van der Waals surface area contributed by atoms with Crippen LogP contribution in [0.1, 0.15) is 19.5 Å². The Hall–Kier alpha value is -0.510. The average molecular weight is 231 g/mol. The lowest BCUT2D eigenvalue weighted by atomic mass is 10.1. The molecule has 0 unspecified atom stereocenters. The first-order chi connectivity index (χ1) is 5.49. The molecule has 4 heteroatoms. The molecule has 3 nitrogen and oxygen atoms in total. The predicted octanol–water partition coefficient (Wildman–Crippen LogP) is 2.13. The third-order valence-corrected chi connectivity index (χ3v) is 2.83. The molecule has 0 radical (unpaired) electrons. The summed E-state index contributed by atoms with van der Waals surface area (Å²) in [5.74, 6) is 0.859. The number of hydrogen-bond donors (Lipinski definition) is 0. The maximum atomic E-state index is 5.70. The van der Waals surface area contributed by atoms with Gasteiger partial charge in [-0.1, -0.05) is 0 Å². The molecule has 1 aliphatic rings. The number of rotatable bonds is 0. The lowest BCUT2D eigenvalue weighted by Crippen LogP contribution is -2.26. The first-order valence-corrected chi connectivity index (χ1v) is 4.71. The van der Waals surface area contributed by atoms with E-state index in [2.05, 4.69) is 34.9 Å². The van der Waals surface area contributed by atoms with Crippen molar-refractivity contribution in [3.8, 4) is 5.88 Å². The summed E-state index contributed by atoms with van der Waals surface area (Å²) in [5.41, 5.74) is 0.874. The third kappa shape index (κ3) is 1.05. The number of ether oxygens (including phenoxy) is 1. The smallest absolute Gasteiger partial charge is 0.227 e. The lowest BCUT2D eigenvalue weighted by Gasteiger charge is -2.15. The molecule has 0 aromatic carbocycles. The van der Waals surface area contributed by atoms with E-state index in [0.29, 0.717) is 0 Å². The highest BCUT2D eigenvalue weighted by Gasteiger charge is 2.33. The Labute approximate surface area is 79.8 Å². The van der Waals surface area contributed by atoms with Gasteiger partial charge >= 0.3 is 0 Å². The van der Waals surface area contributed by atoms with Gasteiger partial charge in [0.2, 0.25) is 5.88 Å². The Balaban J connectivity index is 2.46. The van der Waals surface area contributed by atoms with Gasteiger partial charge < -0.3 is 4.74 Å². The van der Waals surface area contributed by atoms with E-state index in [0.717, 1.165) is 22.6 Å². The van der Waals surface area contributed by atoms with Gasteiger partial charge in [-0.25, -0.2) is 4.68 Å². The fourth-order valence-electron chi connectivity index (χ4n) is 1.40. The molecule has 0 bridgehead atoms. The largest absolute Gasteiger partial charge is 0.469 e. The van der Waals surface area contributed by atoms with E-state index >= 15 is 0 Å². The number of aryl methyl sites for hydroxylation is 1. The Bertz CT molecular complexity index is 330. The third-order valence-electron chi connectivity index (χ3n) is 1.91. The van der Waals surface area contributed by atoms with E-state index in [-0.39, 0.29) is 5.60 Å². The minimum atomic E-state index is -0.113. The van der Waals surface area contributed by atoms with Crippen LogP contribution in [0.3, 0.4) is 0 Å². The van der Waals surface area contributed by atoms with Crippen molar-refractivity contribution in [3.63, 3.8) is 0 Å². The first-order valence-electron chi connectivity index (χ1n) is 3.91. The summed E-state index contributed by atoms with van der Waals surface area (Å²) in [6, 6.07) is 0. The minimum absolute atomic E-state index is 0.113. The second kappa shape index (κ2) is 2.25. The molecule has 0 fully saturated rings. The summed E-state index contributed by atoms with van der Waals surface area (Å²) >= 11 is 3.44. The van der Waals surface area contributed by atoms with E-state index in [1.54, 1.807) is 0 Å². The van der Waals surface area contributed by atoms with Gasteiger partial charge in [-0.05, 0) is 36.7 Å². The molecular weight excluding hydrogens is 220 g/mol. The standard InChI is InChI=1S/C8H11BrN2O/c1-5-6(9)7-11(10-5)4-8(2,3)12-7/h4H2,1-3H3. The number of nitrogens with zero attached hydrogens (tertiary/aromatic N) is 2. The normalized spacial score (nSPS) is 19.0. The Morgan fingerprint density at radius 2 is 2.25 bits per heavy atom. The van der Waals surface area contributed by atoms with Crippen LogP contribution in [0.4, 0.5) is 0 Å². The van der Waals surface area contributed by atoms with Crippen LogP contribution in [-0.2, 0) is 6.54 Å².